The molecular formula is C28H42O9. The third-order valence-electron chi connectivity index (χ3n) is 4.30. The van der Waals surface area contributed by atoms with E-state index in [9.17, 15) is 4.79 Å². The molecule has 0 heterocycles. The lowest BCUT2D eigenvalue weighted by Gasteiger charge is -2.02. The molecule has 0 aromatic rings. The Bertz CT molecular complexity index is 679. The molecule has 9 nitrogen and oxygen atoms in total. The maximum Gasteiger partial charge on any atom is 0.157 e. The Balaban J connectivity index is 3.43. The van der Waals surface area contributed by atoms with Crippen LogP contribution in [0.1, 0.15) is 71.1 Å². The summed E-state index contributed by atoms with van der Waals surface area (Å²) in [5.41, 5.74) is 0. The third-order valence-corrected chi connectivity index (χ3v) is 4.30. The third kappa shape index (κ3) is 32.2. The molecule has 9 heteroatoms. The van der Waals surface area contributed by atoms with Gasteiger partial charge in [-0.2, -0.15) is 0 Å². The van der Waals surface area contributed by atoms with Gasteiger partial charge in [0.1, 0.15) is 94.3 Å². The normalized spacial score (nSPS) is 12.0. The first-order chi connectivity index (χ1) is 18.4. The summed E-state index contributed by atoms with van der Waals surface area (Å²) in [6.07, 6.45) is 32.1. The topological polar surface area (TPSA) is 90.9 Å². The molecule has 0 fully saturated rings. The molecule has 0 aliphatic heterocycles. The van der Waals surface area contributed by atoms with E-state index in [0.29, 0.717) is 12.9 Å². The summed E-state index contributed by atoms with van der Waals surface area (Å²) in [4.78, 5) is 9.99. The Morgan fingerprint density at radius 3 is 1.11 bits per heavy atom. The second kappa shape index (κ2) is 32.2. The van der Waals surface area contributed by atoms with Crippen LogP contribution in [0.25, 0.3) is 0 Å². The number of hydrogen-bond acceptors (Lipinski definition) is 9. The molecule has 0 saturated carbocycles. The zero-order valence-corrected chi connectivity index (χ0v) is 21.8. The number of unbranched alkanes of at least 4 members (excludes halogenated alkanes) is 9. The van der Waals surface area contributed by atoms with Crippen molar-refractivity contribution in [2.45, 2.75) is 71.1 Å². The molecule has 208 valence electrons. The molecule has 0 bridgehead atoms. The Labute approximate surface area is 221 Å². The van der Waals surface area contributed by atoms with E-state index in [2.05, 4.69) is 6.92 Å². The number of carbonyl (C=O) groups excluding carboxylic acids is 1. The minimum absolute atomic E-state index is 0.0280. The van der Waals surface area contributed by atoms with E-state index in [0.717, 1.165) is 6.42 Å². The minimum atomic E-state index is -0.0280. The lowest BCUT2D eigenvalue weighted by Crippen LogP contribution is -1.88. The Kier molecular flexibility index (Phi) is 29.0. The number of ether oxygens (including phenoxy) is 8. The van der Waals surface area contributed by atoms with Gasteiger partial charge < -0.3 is 37.9 Å². The van der Waals surface area contributed by atoms with Crippen LogP contribution in [0.4, 0.5) is 0 Å². The van der Waals surface area contributed by atoms with Crippen molar-refractivity contribution in [2.24, 2.45) is 0 Å². The van der Waals surface area contributed by atoms with Gasteiger partial charge >= 0.3 is 0 Å². The van der Waals surface area contributed by atoms with Gasteiger partial charge in [-0.1, -0.05) is 64.7 Å². The summed E-state index contributed by atoms with van der Waals surface area (Å²) in [6.45, 7) is 2.92. The Morgan fingerprint density at radius 2 is 0.730 bits per heavy atom. The summed E-state index contributed by atoms with van der Waals surface area (Å²) in [6, 6.07) is 0. The molecule has 0 rings (SSSR count). The van der Waals surface area contributed by atoms with Crippen molar-refractivity contribution in [3.63, 3.8) is 0 Å². The number of aldehydes is 1. The molecule has 0 unspecified atom stereocenters. The van der Waals surface area contributed by atoms with Crippen LogP contribution in [0, 0.1) is 0 Å². The van der Waals surface area contributed by atoms with Crippen LogP contribution in [-0.2, 0) is 42.7 Å². The van der Waals surface area contributed by atoms with Gasteiger partial charge in [0.2, 0.25) is 0 Å². The van der Waals surface area contributed by atoms with Crippen molar-refractivity contribution >= 4 is 6.29 Å². The lowest BCUT2D eigenvalue weighted by molar-refractivity contribution is -0.110. The molecule has 0 spiro atoms. The highest BCUT2D eigenvalue weighted by Gasteiger charge is 1.92. The summed E-state index contributed by atoms with van der Waals surface area (Å²) < 4.78 is 40.0. The van der Waals surface area contributed by atoms with E-state index in [-0.39, 0.29) is 6.61 Å². The average Bonchev–Trinajstić information content (AvgIpc) is 2.91. The van der Waals surface area contributed by atoms with Crippen LogP contribution < -0.4 is 0 Å². The van der Waals surface area contributed by atoms with E-state index in [1.807, 2.05) is 0 Å². The Morgan fingerprint density at radius 1 is 0.405 bits per heavy atom. The first kappa shape index (κ1) is 33.2. The van der Waals surface area contributed by atoms with Gasteiger partial charge in [0.25, 0.3) is 0 Å². The van der Waals surface area contributed by atoms with Crippen molar-refractivity contribution in [3.8, 4) is 0 Å². The average molecular weight is 523 g/mol. The van der Waals surface area contributed by atoms with E-state index >= 15 is 0 Å². The molecule has 0 aliphatic carbocycles. The molecule has 0 N–H and O–H groups in total. The molecule has 0 aromatic heterocycles. The molecule has 0 radical (unpaired) electrons. The fourth-order valence-electron chi connectivity index (χ4n) is 2.57. The van der Waals surface area contributed by atoms with Gasteiger partial charge in [-0.05, 0) is 6.42 Å². The Hall–Kier alpha value is -3.75. The fourth-order valence-corrected chi connectivity index (χ4v) is 2.57. The van der Waals surface area contributed by atoms with Gasteiger partial charge in [0, 0.05) is 0 Å². The van der Waals surface area contributed by atoms with E-state index in [1.54, 1.807) is 0 Å². The quantitative estimate of drug-likeness (QED) is 0.0616. The van der Waals surface area contributed by atoms with Gasteiger partial charge in [-0.25, -0.2) is 0 Å². The smallest absolute Gasteiger partial charge is 0.157 e. The predicted molar refractivity (Wildman–Crippen MR) is 140 cm³/mol. The van der Waals surface area contributed by atoms with Crippen LogP contribution in [0.15, 0.2) is 87.7 Å². The number of rotatable bonds is 27. The van der Waals surface area contributed by atoms with Crippen molar-refractivity contribution in [2.75, 3.05) is 13.2 Å². The largest absolute Gasteiger partial charge is 0.498 e. The predicted octanol–water partition coefficient (Wildman–Crippen LogP) is 7.54. The van der Waals surface area contributed by atoms with Gasteiger partial charge in [0.05, 0.1) is 6.61 Å². The van der Waals surface area contributed by atoms with Crippen LogP contribution in [-0.4, -0.2) is 19.5 Å². The van der Waals surface area contributed by atoms with Crippen molar-refractivity contribution < 1.29 is 42.7 Å². The molecule has 0 saturated heterocycles. The zero-order chi connectivity index (χ0) is 26.7. The van der Waals surface area contributed by atoms with Crippen molar-refractivity contribution in [1.29, 1.82) is 0 Å². The molecule has 37 heavy (non-hydrogen) atoms. The fraction of sp³-hybridized carbons (Fsp3) is 0.464. The lowest BCUT2D eigenvalue weighted by atomic mass is 10.1. The summed E-state index contributed by atoms with van der Waals surface area (Å²) in [5, 5.41) is 0. The molecule has 0 aliphatic rings. The standard InChI is InChI=1S/C28H42O9/c1-2-3-4-5-6-7-8-9-10-11-13-30-15-17-32-19-21-34-23-25-36-27-28-37-26-24-35-22-20-33-18-16-31-14-12-29/h12,15-28H,2-11,13-14H2,1H3. The summed E-state index contributed by atoms with van der Waals surface area (Å²) in [5.74, 6) is 0. The van der Waals surface area contributed by atoms with Crippen molar-refractivity contribution in [1.82, 2.24) is 0 Å². The van der Waals surface area contributed by atoms with Crippen LogP contribution in [0.2, 0.25) is 0 Å². The first-order valence-corrected chi connectivity index (χ1v) is 12.6. The number of carbonyl (C=O) groups is 1. The first-order valence-electron chi connectivity index (χ1n) is 12.6. The molecule has 0 aromatic carbocycles. The van der Waals surface area contributed by atoms with E-state index in [1.165, 1.54) is 145 Å². The minimum Gasteiger partial charge on any atom is -0.498 e. The van der Waals surface area contributed by atoms with Crippen LogP contribution >= 0.6 is 0 Å². The highest BCUT2D eigenvalue weighted by molar-refractivity contribution is 5.50. The highest BCUT2D eigenvalue weighted by atomic mass is 16.5. The van der Waals surface area contributed by atoms with Gasteiger partial charge in [-0.3, -0.25) is 4.79 Å². The second-order valence-electron chi connectivity index (χ2n) is 7.27. The van der Waals surface area contributed by atoms with Gasteiger partial charge in [0.15, 0.2) is 6.29 Å². The monoisotopic (exact) mass is 522 g/mol. The zero-order valence-electron chi connectivity index (χ0n) is 21.8. The highest BCUT2D eigenvalue weighted by Crippen LogP contribution is 2.10. The molecule has 0 amide bonds. The van der Waals surface area contributed by atoms with E-state index < -0.39 is 0 Å². The van der Waals surface area contributed by atoms with Crippen molar-refractivity contribution in [3.05, 3.63) is 87.7 Å². The summed E-state index contributed by atoms with van der Waals surface area (Å²) in [7, 11) is 0. The maximum atomic E-state index is 9.99. The van der Waals surface area contributed by atoms with Crippen LogP contribution in [0.5, 0.6) is 0 Å². The number of hydrogen-bond donors (Lipinski definition) is 0. The molecule has 0 atom stereocenters. The molecular weight excluding hydrogens is 480 g/mol. The summed E-state index contributed by atoms with van der Waals surface area (Å²) >= 11 is 0. The van der Waals surface area contributed by atoms with Gasteiger partial charge in [-0.15, -0.1) is 0 Å². The van der Waals surface area contributed by atoms with Crippen LogP contribution in [0.3, 0.4) is 0 Å². The maximum absolute atomic E-state index is 9.99. The van der Waals surface area contributed by atoms with E-state index in [4.69, 9.17) is 37.9 Å². The SMILES string of the molecule is CCCCCCCCCCCCOC=COC=COC=COC=COC=COC=COC=COCC=O. The second-order valence-corrected chi connectivity index (χ2v) is 7.27.